The maximum atomic E-state index is 11.6. The maximum Gasteiger partial charge on any atom is 0.194 e. The van der Waals surface area contributed by atoms with Gasteiger partial charge in [-0.3, -0.25) is 4.79 Å². The van der Waals surface area contributed by atoms with Gasteiger partial charge in [0, 0.05) is 10.0 Å². The lowest BCUT2D eigenvalue weighted by molar-refractivity contribution is 0.0487. The number of benzene rings is 1. The van der Waals surface area contributed by atoms with Crippen LogP contribution in [0.3, 0.4) is 0 Å². The molecule has 0 spiro atoms. The predicted molar refractivity (Wildman–Crippen MR) is 54.8 cm³/mol. The number of rotatable bonds is 2. The third-order valence-corrected chi connectivity index (χ3v) is 2.37. The molecule has 0 bridgehead atoms. The third kappa shape index (κ3) is 2.39. The lowest BCUT2D eigenvalue weighted by Crippen LogP contribution is -2.31. The summed E-state index contributed by atoms with van der Waals surface area (Å²) in [4.78, 5) is 11.6. The standard InChI is InChI=1S/C10H11BrO2/c1-10(2,13)9(12)7-5-3-4-6-8(7)11/h3-6,13H,1-2H3. The Morgan fingerprint density at radius 3 is 2.38 bits per heavy atom. The molecule has 0 aromatic heterocycles. The van der Waals surface area contributed by atoms with E-state index < -0.39 is 5.60 Å². The molecule has 0 heterocycles. The highest BCUT2D eigenvalue weighted by Gasteiger charge is 2.26. The molecule has 0 atom stereocenters. The fraction of sp³-hybridized carbons (Fsp3) is 0.300. The highest BCUT2D eigenvalue weighted by atomic mass is 79.9. The third-order valence-electron chi connectivity index (χ3n) is 1.67. The maximum absolute atomic E-state index is 11.6. The summed E-state index contributed by atoms with van der Waals surface area (Å²) < 4.78 is 0.710. The zero-order chi connectivity index (χ0) is 10.1. The largest absolute Gasteiger partial charge is 0.382 e. The topological polar surface area (TPSA) is 37.3 Å². The Balaban J connectivity index is 3.10. The molecule has 3 heteroatoms. The van der Waals surface area contributed by atoms with Crippen molar-refractivity contribution >= 4 is 21.7 Å². The molecule has 1 N–H and O–H groups in total. The van der Waals surface area contributed by atoms with E-state index in [4.69, 9.17) is 0 Å². The Hall–Kier alpha value is -0.670. The van der Waals surface area contributed by atoms with Gasteiger partial charge >= 0.3 is 0 Å². The van der Waals surface area contributed by atoms with Gasteiger partial charge in [-0.05, 0) is 19.9 Å². The smallest absolute Gasteiger partial charge is 0.194 e. The van der Waals surface area contributed by atoms with Crippen molar-refractivity contribution in [2.24, 2.45) is 0 Å². The first-order valence-corrected chi connectivity index (χ1v) is 4.74. The first kappa shape index (κ1) is 10.4. The Morgan fingerprint density at radius 1 is 1.38 bits per heavy atom. The minimum Gasteiger partial charge on any atom is -0.382 e. The summed E-state index contributed by atoms with van der Waals surface area (Å²) >= 11 is 3.26. The fourth-order valence-corrected chi connectivity index (χ4v) is 1.44. The summed E-state index contributed by atoms with van der Waals surface area (Å²) in [5, 5.41) is 9.49. The van der Waals surface area contributed by atoms with Crippen molar-refractivity contribution in [3.63, 3.8) is 0 Å². The summed E-state index contributed by atoms with van der Waals surface area (Å²) in [5.41, 5.74) is -0.806. The fourth-order valence-electron chi connectivity index (χ4n) is 0.975. The van der Waals surface area contributed by atoms with Crippen molar-refractivity contribution in [1.29, 1.82) is 0 Å². The van der Waals surface area contributed by atoms with Crippen LogP contribution in [0.4, 0.5) is 0 Å². The van der Waals surface area contributed by atoms with Gasteiger partial charge in [-0.15, -0.1) is 0 Å². The van der Waals surface area contributed by atoms with Crippen molar-refractivity contribution in [2.45, 2.75) is 19.4 Å². The minimum atomic E-state index is -1.32. The summed E-state index contributed by atoms with van der Waals surface area (Å²) in [6.45, 7) is 2.96. The van der Waals surface area contributed by atoms with Crippen LogP contribution in [-0.2, 0) is 0 Å². The monoisotopic (exact) mass is 242 g/mol. The molecule has 0 amide bonds. The van der Waals surface area contributed by atoms with Gasteiger partial charge in [-0.2, -0.15) is 0 Å². The summed E-state index contributed by atoms with van der Waals surface area (Å²) in [6, 6.07) is 7.05. The second kappa shape index (κ2) is 3.60. The zero-order valence-electron chi connectivity index (χ0n) is 7.54. The van der Waals surface area contributed by atoms with Gasteiger partial charge in [-0.25, -0.2) is 0 Å². The summed E-state index contributed by atoms with van der Waals surface area (Å²) in [6.07, 6.45) is 0. The first-order valence-electron chi connectivity index (χ1n) is 3.94. The minimum absolute atomic E-state index is 0.278. The summed E-state index contributed by atoms with van der Waals surface area (Å²) in [7, 11) is 0. The Labute approximate surface area is 85.7 Å². The molecule has 70 valence electrons. The van der Waals surface area contributed by atoms with Gasteiger partial charge in [-0.1, -0.05) is 34.1 Å². The number of aliphatic hydroxyl groups is 1. The number of Topliss-reactive ketones (excluding diaryl/α,β-unsaturated/α-hetero) is 1. The number of carbonyl (C=O) groups excluding carboxylic acids is 1. The summed E-state index contributed by atoms with van der Waals surface area (Å²) in [5.74, 6) is -0.278. The quantitative estimate of drug-likeness (QED) is 0.810. The van der Waals surface area contributed by atoms with E-state index in [9.17, 15) is 9.90 Å². The molecule has 0 unspecified atom stereocenters. The van der Waals surface area contributed by atoms with Crippen LogP contribution in [0, 0.1) is 0 Å². The van der Waals surface area contributed by atoms with Gasteiger partial charge < -0.3 is 5.11 Å². The van der Waals surface area contributed by atoms with Gasteiger partial charge in [0.1, 0.15) is 5.60 Å². The normalized spacial score (nSPS) is 11.4. The van der Waals surface area contributed by atoms with E-state index in [-0.39, 0.29) is 5.78 Å². The Morgan fingerprint density at radius 2 is 1.92 bits per heavy atom. The number of carbonyl (C=O) groups is 1. The molecule has 13 heavy (non-hydrogen) atoms. The lowest BCUT2D eigenvalue weighted by Gasteiger charge is -2.16. The lowest BCUT2D eigenvalue weighted by atomic mass is 9.97. The van der Waals surface area contributed by atoms with Crippen LogP contribution >= 0.6 is 15.9 Å². The van der Waals surface area contributed by atoms with Crippen LogP contribution in [0.5, 0.6) is 0 Å². The number of halogens is 1. The van der Waals surface area contributed by atoms with E-state index in [1.165, 1.54) is 13.8 Å². The van der Waals surface area contributed by atoms with Crippen molar-refractivity contribution in [3.8, 4) is 0 Å². The SMILES string of the molecule is CC(C)(O)C(=O)c1ccccc1Br. The van der Waals surface area contributed by atoms with Crippen molar-refractivity contribution in [1.82, 2.24) is 0 Å². The van der Waals surface area contributed by atoms with E-state index in [0.717, 1.165) is 0 Å². The molecule has 0 aliphatic rings. The van der Waals surface area contributed by atoms with Crippen LogP contribution in [0.1, 0.15) is 24.2 Å². The molecule has 0 aliphatic carbocycles. The first-order chi connectivity index (χ1) is 5.93. The average Bonchev–Trinajstić information content (AvgIpc) is 2.02. The molecular weight excluding hydrogens is 232 g/mol. The van der Waals surface area contributed by atoms with Crippen LogP contribution in [0.15, 0.2) is 28.7 Å². The molecule has 0 radical (unpaired) electrons. The number of hydrogen-bond donors (Lipinski definition) is 1. The van der Waals surface area contributed by atoms with E-state index in [2.05, 4.69) is 15.9 Å². The average molecular weight is 243 g/mol. The van der Waals surface area contributed by atoms with Crippen LogP contribution in [-0.4, -0.2) is 16.5 Å². The predicted octanol–water partition coefficient (Wildman–Crippen LogP) is 2.40. The zero-order valence-corrected chi connectivity index (χ0v) is 9.13. The van der Waals surface area contributed by atoms with Crippen LogP contribution < -0.4 is 0 Å². The van der Waals surface area contributed by atoms with Gasteiger partial charge in [0.05, 0.1) is 0 Å². The van der Waals surface area contributed by atoms with Crippen molar-refractivity contribution < 1.29 is 9.90 Å². The van der Waals surface area contributed by atoms with Gasteiger partial charge in [0.25, 0.3) is 0 Å². The highest BCUT2D eigenvalue weighted by molar-refractivity contribution is 9.10. The molecule has 0 saturated heterocycles. The highest BCUT2D eigenvalue weighted by Crippen LogP contribution is 2.20. The van der Waals surface area contributed by atoms with E-state index >= 15 is 0 Å². The van der Waals surface area contributed by atoms with E-state index in [1.807, 2.05) is 6.07 Å². The molecule has 0 fully saturated rings. The van der Waals surface area contributed by atoms with Crippen LogP contribution in [0.2, 0.25) is 0 Å². The van der Waals surface area contributed by atoms with Crippen molar-refractivity contribution in [3.05, 3.63) is 34.3 Å². The molecule has 2 nitrogen and oxygen atoms in total. The number of hydrogen-bond acceptors (Lipinski definition) is 2. The molecule has 0 saturated carbocycles. The van der Waals surface area contributed by atoms with Crippen molar-refractivity contribution in [2.75, 3.05) is 0 Å². The molecule has 1 aromatic carbocycles. The van der Waals surface area contributed by atoms with E-state index in [0.29, 0.717) is 10.0 Å². The Bertz CT molecular complexity index is 326. The van der Waals surface area contributed by atoms with Crippen LogP contribution in [0.25, 0.3) is 0 Å². The Kier molecular flexibility index (Phi) is 2.88. The van der Waals surface area contributed by atoms with E-state index in [1.54, 1.807) is 18.2 Å². The number of ketones is 1. The molecular formula is C10H11BrO2. The second-order valence-corrected chi connectivity index (χ2v) is 4.22. The molecule has 1 aromatic rings. The molecule has 1 rings (SSSR count). The van der Waals surface area contributed by atoms with Gasteiger partial charge in [0.15, 0.2) is 5.78 Å². The van der Waals surface area contributed by atoms with Gasteiger partial charge in [0.2, 0.25) is 0 Å². The molecule has 0 aliphatic heterocycles. The second-order valence-electron chi connectivity index (χ2n) is 3.37.